The molecular formula is C28H37N3O7. The standard InChI is InChI=1S/C28H37N3O7/c1-28(2,3)38-26(35)29-17-11-10-16-22(25(33)34)30-24(32)23(18-20-12-6-4-7-13-20)31-27(36)37-19-21-14-8-5-9-15-21/h4-9,12-15,22-23H,10-11,16-19H2,1-3H3,(H,29,35)(H,30,32)(H,31,36)(H,33,34)/t22-,23?/m0/s1. The average molecular weight is 528 g/mol. The molecule has 0 aliphatic rings. The van der Waals surface area contributed by atoms with Crippen LogP contribution in [0.15, 0.2) is 60.7 Å². The maximum absolute atomic E-state index is 13.1. The first-order chi connectivity index (χ1) is 18.0. The van der Waals surface area contributed by atoms with Gasteiger partial charge in [0.15, 0.2) is 0 Å². The summed E-state index contributed by atoms with van der Waals surface area (Å²) < 4.78 is 10.4. The van der Waals surface area contributed by atoms with Gasteiger partial charge in [0.2, 0.25) is 5.91 Å². The molecule has 0 saturated carbocycles. The number of carboxylic acids is 1. The molecule has 0 spiro atoms. The van der Waals surface area contributed by atoms with Gasteiger partial charge in [0.25, 0.3) is 0 Å². The van der Waals surface area contributed by atoms with E-state index in [0.29, 0.717) is 19.4 Å². The van der Waals surface area contributed by atoms with E-state index < -0.39 is 41.7 Å². The molecule has 1 unspecified atom stereocenters. The molecule has 0 fully saturated rings. The second kappa shape index (κ2) is 15.2. The molecule has 2 atom stereocenters. The highest BCUT2D eigenvalue weighted by molar-refractivity contribution is 5.89. The van der Waals surface area contributed by atoms with Crippen LogP contribution in [0.25, 0.3) is 0 Å². The van der Waals surface area contributed by atoms with Crippen molar-refractivity contribution in [3.05, 3.63) is 71.8 Å². The van der Waals surface area contributed by atoms with Crippen LogP contribution in [0.4, 0.5) is 9.59 Å². The Kier molecular flexibility index (Phi) is 12.1. The summed E-state index contributed by atoms with van der Waals surface area (Å²) in [5, 5.41) is 17.3. The molecule has 206 valence electrons. The first kappa shape index (κ1) is 30.1. The minimum atomic E-state index is -1.19. The van der Waals surface area contributed by atoms with Crippen LogP contribution >= 0.6 is 0 Å². The smallest absolute Gasteiger partial charge is 0.408 e. The number of aliphatic carboxylic acids is 1. The van der Waals surface area contributed by atoms with E-state index in [-0.39, 0.29) is 19.4 Å². The summed E-state index contributed by atoms with van der Waals surface area (Å²) >= 11 is 0. The molecule has 3 amide bonds. The minimum Gasteiger partial charge on any atom is -0.480 e. The van der Waals surface area contributed by atoms with E-state index in [2.05, 4.69) is 16.0 Å². The highest BCUT2D eigenvalue weighted by atomic mass is 16.6. The summed E-state index contributed by atoms with van der Waals surface area (Å²) in [6, 6.07) is 16.0. The molecule has 0 saturated heterocycles. The molecule has 2 rings (SSSR count). The Morgan fingerprint density at radius 3 is 2.00 bits per heavy atom. The predicted octanol–water partition coefficient (Wildman–Crippen LogP) is 3.79. The first-order valence-electron chi connectivity index (χ1n) is 12.5. The summed E-state index contributed by atoms with van der Waals surface area (Å²) in [6.07, 6.45) is -0.105. The van der Waals surface area contributed by atoms with E-state index in [0.717, 1.165) is 11.1 Å². The molecule has 4 N–H and O–H groups in total. The molecule has 0 radical (unpaired) electrons. The lowest BCUT2D eigenvalue weighted by atomic mass is 10.0. The Hall–Kier alpha value is -4.08. The van der Waals surface area contributed by atoms with Crippen molar-refractivity contribution in [1.82, 2.24) is 16.0 Å². The zero-order valence-electron chi connectivity index (χ0n) is 22.1. The van der Waals surface area contributed by atoms with E-state index in [9.17, 15) is 24.3 Å². The molecule has 0 aromatic heterocycles. The number of amides is 3. The van der Waals surface area contributed by atoms with Crippen molar-refractivity contribution in [2.75, 3.05) is 6.54 Å². The number of carbonyl (C=O) groups excluding carboxylic acids is 3. The molecule has 2 aromatic carbocycles. The zero-order valence-corrected chi connectivity index (χ0v) is 22.1. The maximum Gasteiger partial charge on any atom is 0.408 e. The maximum atomic E-state index is 13.1. The normalized spacial score (nSPS) is 12.5. The first-order valence-corrected chi connectivity index (χ1v) is 12.5. The summed E-state index contributed by atoms with van der Waals surface area (Å²) in [7, 11) is 0. The van der Waals surface area contributed by atoms with Crippen LogP contribution < -0.4 is 16.0 Å². The van der Waals surface area contributed by atoms with Gasteiger partial charge in [-0.2, -0.15) is 0 Å². The van der Waals surface area contributed by atoms with E-state index in [1.54, 1.807) is 20.8 Å². The van der Waals surface area contributed by atoms with E-state index >= 15 is 0 Å². The van der Waals surface area contributed by atoms with E-state index in [1.165, 1.54) is 0 Å². The molecule has 0 aliphatic heterocycles. The zero-order chi connectivity index (χ0) is 28.0. The predicted molar refractivity (Wildman–Crippen MR) is 141 cm³/mol. The van der Waals surface area contributed by atoms with Crippen molar-refractivity contribution in [3.63, 3.8) is 0 Å². The number of hydrogen-bond acceptors (Lipinski definition) is 6. The van der Waals surface area contributed by atoms with Gasteiger partial charge in [0.1, 0.15) is 24.3 Å². The van der Waals surface area contributed by atoms with Crippen molar-refractivity contribution in [2.24, 2.45) is 0 Å². The fraction of sp³-hybridized carbons (Fsp3) is 0.429. The number of hydrogen-bond donors (Lipinski definition) is 4. The van der Waals surface area contributed by atoms with Crippen molar-refractivity contribution >= 4 is 24.1 Å². The molecule has 0 bridgehead atoms. The van der Waals surface area contributed by atoms with Gasteiger partial charge in [-0.3, -0.25) is 4.79 Å². The second-order valence-corrected chi connectivity index (χ2v) is 9.77. The Labute approximate surface area is 223 Å². The van der Waals surface area contributed by atoms with Crippen molar-refractivity contribution in [1.29, 1.82) is 0 Å². The molecule has 0 heterocycles. The SMILES string of the molecule is CC(C)(C)OC(=O)NCCCC[C@H](NC(=O)C(Cc1ccccc1)NC(=O)OCc1ccccc1)C(=O)O. The van der Waals surface area contributed by atoms with Crippen LogP contribution in [-0.2, 0) is 32.1 Å². The summed E-state index contributed by atoms with van der Waals surface area (Å²) in [4.78, 5) is 49.0. The lowest BCUT2D eigenvalue weighted by molar-refractivity contribution is -0.142. The lowest BCUT2D eigenvalue weighted by Gasteiger charge is -2.22. The Balaban J connectivity index is 1.92. The van der Waals surface area contributed by atoms with Gasteiger partial charge in [-0.1, -0.05) is 60.7 Å². The number of rotatable bonds is 13. The third kappa shape index (κ3) is 12.2. The highest BCUT2D eigenvalue weighted by Crippen LogP contribution is 2.09. The molecule has 0 aliphatic carbocycles. The minimum absolute atomic E-state index is 0.0292. The number of ether oxygens (including phenoxy) is 2. The Bertz CT molecular complexity index is 1040. The van der Waals surface area contributed by atoms with Crippen LogP contribution in [0, 0.1) is 0 Å². The second-order valence-electron chi connectivity index (χ2n) is 9.77. The van der Waals surface area contributed by atoms with Gasteiger partial charge in [-0.25, -0.2) is 14.4 Å². The number of carboxylic acid groups (broad SMARTS) is 1. The van der Waals surface area contributed by atoms with Gasteiger partial charge in [0.05, 0.1) is 0 Å². The monoisotopic (exact) mass is 527 g/mol. The number of benzene rings is 2. The van der Waals surface area contributed by atoms with Gasteiger partial charge in [-0.15, -0.1) is 0 Å². The van der Waals surface area contributed by atoms with Crippen molar-refractivity contribution in [3.8, 4) is 0 Å². The van der Waals surface area contributed by atoms with Crippen LogP contribution in [0.3, 0.4) is 0 Å². The molecule has 38 heavy (non-hydrogen) atoms. The average Bonchev–Trinajstić information content (AvgIpc) is 2.86. The van der Waals surface area contributed by atoms with Gasteiger partial charge >= 0.3 is 18.2 Å². The summed E-state index contributed by atoms with van der Waals surface area (Å²) in [5.41, 5.74) is 0.969. The third-order valence-corrected chi connectivity index (χ3v) is 5.31. The lowest BCUT2D eigenvalue weighted by Crippen LogP contribution is -2.52. The molecule has 2 aromatic rings. The Morgan fingerprint density at radius 1 is 0.816 bits per heavy atom. The van der Waals surface area contributed by atoms with Crippen LogP contribution in [0.1, 0.15) is 51.2 Å². The van der Waals surface area contributed by atoms with E-state index in [1.807, 2.05) is 60.7 Å². The van der Waals surface area contributed by atoms with Crippen LogP contribution in [0.5, 0.6) is 0 Å². The van der Waals surface area contributed by atoms with Gasteiger partial charge in [-0.05, 0) is 51.2 Å². The largest absolute Gasteiger partial charge is 0.480 e. The van der Waals surface area contributed by atoms with Crippen molar-refractivity contribution in [2.45, 2.75) is 70.7 Å². The van der Waals surface area contributed by atoms with E-state index in [4.69, 9.17) is 9.47 Å². The molecular weight excluding hydrogens is 490 g/mol. The third-order valence-electron chi connectivity index (χ3n) is 5.31. The van der Waals surface area contributed by atoms with Gasteiger partial charge < -0.3 is 30.5 Å². The summed E-state index contributed by atoms with van der Waals surface area (Å²) in [6.45, 7) is 5.61. The quantitative estimate of drug-likeness (QED) is 0.290. The topological polar surface area (TPSA) is 143 Å². The van der Waals surface area contributed by atoms with Crippen LogP contribution in [-0.4, -0.2) is 53.4 Å². The summed E-state index contributed by atoms with van der Waals surface area (Å²) in [5.74, 6) is -1.83. The number of alkyl carbamates (subject to hydrolysis) is 2. The fourth-order valence-electron chi connectivity index (χ4n) is 3.47. The number of carbonyl (C=O) groups is 4. The van der Waals surface area contributed by atoms with Crippen molar-refractivity contribution < 1.29 is 33.8 Å². The molecule has 10 nitrogen and oxygen atoms in total. The fourth-order valence-corrected chi connectivity index (χ4v) is 3.47. The van der Waals surface area contributed by atoms with Gasteiger partial charge in [0, 0.05) is 13.0 Å². The molecule has 10 heteroatoms. The number of nitrogens with one attached hydrogen (secondary N) is 3. The highest BCUT2D eigenvalue weighted by Gasteiger charge is 2.27. The Morgan fingerprint density at radius 2 is 1.42 bits per heavy atom. The number of unbranched alkanes of at least 4 members (excludes halogenated alkanes) is 1. The van der Waals surface area contributed by atoms with Crippen LogP contribution in [0.2, 0.25) is 0 Å².